The molecule has 0 aliphatic carbocycles. The van der Waals surface area contributed by atoms with Gasteiger partial charge in [-0.25, -0.2) is 4.98 Å². The van der Waals surface area contributed by atoms with Gasteiger partial charge in [-0.15, -0.1) is 0 Å². The lowest BCUT2D eigenvalue weighted by Crippen LogP contribution is -1.89. The zero-order chi connectivity index (χ0) is 9.42. The maximum Gasteiger partial charge on any atom is 0.168 e. The van der Waals surface area contributed by atoms with Crippen molar-refractivity contribution in [2.45, 2.75) is 12.1 Å². The van der Waals surface area contributed by atoms with Gasteiger partial charge in [-0.2, -0.15) is 0 Å². The molecule has 2 aromatic heterocycles. The van der Waals surface area contributed by atoms with Crippen LogP contribution in [0, 0.1) is 6.92 Å². The SMILES string of the molecule is CSc1nc2cnc(C)cc2n1C. The molecule has 68 valence electrons. The van der Waals surface area contributed by atoms with Gasteiger partial charge in [0.25, 0.3) is 0 Å². The minimum atomic E-state index is 0.970. The lowest BCUT2D eigenvalue weighted by atomic mass is 10.3. The molecule has 3 nitrogen and oxygen atoms in total. The molecule has 0 saturated heterocycles. The molecular weight excluding hydrogens is 182 g/mol. The highest BCUT2D eigenvalue weighted by Gasteiger charge is 2.06. The second-order valence-corrected chi connectivity index (χ2v) is 3.75. The molecule has 0 amide bonds. The summed E-state index contributed by atoms with van der Waals surface area (Å²) < 4.78 is 2.09. The zero-order valence-electron chi connectivity index (χ0n) is 7.90. The van der Waals surface area contributed by atoms with Gasteiger partial charge in [-0.1, -0.05) is 11.8 Å². The number of imidazole rings is 1. The summed E-state index contributed by atoms with van der Waals surface area (Å²) in [5.74, 6) is 0. The highest BCUT2D eigenvalue weighted by Crippen LogP contribution is 2.20. The maximum atomic E-state index is 4.44. The first-order chi connectivity index (χ1) is 6.22. The third kappa shape index (κ3) is 1.31. The monoisotopic (exact) mass is 193 g/mol. The molecule has 0 N–H and O–H groups in total. The number of aromatic nitrogens is 3. The normalized spacial score (nSPS) is 11.0. The van der Waals surface area contributed by atoms with Crippen molar-refractivity contribution in [1.82, 2.24) is 14.5 Å². The zero-order valence-corrected chi connectivity index (χ0v) is 8.72. The average Bonchev–Trinajstić information content (AvgIpc) is 2.44. The Labute approximate surface area is 81.2 Å². The van der Waals surface area contributed by atoms with Gasteiger partial charge in [0.2, 0.25) is 0 Å². The Morgan fingerprint density at radius 2 is 2.23 bits per heavy atom. The van der Waals surface area contributed by atoms with Gasteiger partial charge in [0.15, 0.2) is 5.16 Å². The fraction of sp³-hybridized carbons (Fsp3) is 0.333. The summed E-state index contributed by atoms with van der Waals surface area (Å²) >= 11 is 1.65. The Hall–Kier alpha value is -1.03. The van der Waals surface area contributed by atoms with Crippen LogP contribution in [0.15, 0.2) is 17.4 Å². The minimum Gasteiger partial charge on any atom is -0.322 e. The second-order valence-electron chi connectivity index (χ2n) is 2.97. The fourth-order valence-corrected chi connectivity index (χ4v) is 1.92. The van der Waals surface area contributed by atoms with Crippen molar-refractivity contribution in [1.29, 1.82) is 0 Å². The quantitative estimate of drug-likeness (QED) is 0.649. The summed E-state index contributed by atoms with van der Waals surface area (Å²) in [5.41, 5.74) is 3.15. The van der Waals surface area contributed by atoms with Gasteiger partial charge in [-0.05, 0) is 19.2 Å². The van der Waals surface area contributed by atoms with Crippen LogP contribution in [0.3, 0.4) is 0 Å². The Kier molecular flexibility index (Phi) is 2.00. The molecule has 0 spiro atoms. The number of rotatable bonds is 1. The van der Waals surface area contributed by atoms with Crippen LogP contribution in [-0.2, 0) is 7.05 Å². The number of nitrogens with zero attached hydrogens (tertiary/aromatic N) is 3. The predicted molar refractivity (Wildman–Crippen MR) is 55.0 cm³/mol. The van der Waals surface area contributed by atoms with Crippen LogP contribution < -0.4 is 0 Å². The Morgan fingerprint density at radius 1 is 1.46 bits per heavy atom. The third-order valence-electron chi connectivity index (χ3n) is 2.05. The topological polar surface area (TPSA) is 30.7 Å². The van der Waals surface area contributed by atoms with E-state index in [0.717, 1.165) is 21.9 Å². The first kappa shape index (κ1) is 8.56. The molecule has 0 unspecified atom stereocenters. The highest BCUT2D eigenvalue weighted by atomic mass is 32.2. The van der Waals surface area contributed by atoms with Crippen LogP contribution in [0.5, 0.6) is 0 Å². The summed E-state index contributed by atoms with van der Waals surface area (Å²) in [6.45, 7) is 1.99. The van der Waals surface area contributed by atoms with Crippen LogP contribution in [-0.4, -0.2) is 20.8 Å². The molecule has 2 rings (SSSR count). The molecule has 13 heavy (non-hydrogen) atoms. The van der Waals surface area contributed by atoms with E-state index in [0.29, 0.717) is 0 Å². The molecule has 2 heterocycles. The summed E-state index contributed by atoms with van der Waals surface area (Å²) in [7, 11) is 2.03. The van der Waals surface area contributed by atoms with Gasteiger partial charge < -0.3 is 4.57 Å². The van der Waals surface area contributed by atoms with E-state index in [-0.39, 0.29) is 0 Å². The average molecular weight is 193 g/mol. The molecule has 0 aliphatic heterocycles. The van der Waals surface area contributed by atoms with Crippen molar-refractivity contribution in [2.75, 3.05) is 6.26 Å². The molecular formula is C9H11N3S. The molecule has 0 saturated carbocycles. The predicted octanol–water partition coefficient (Wildman–Crippen LogP) is 2.00. The number of aryl methyl sites for hydroxylation is 2. The minimum absolute atomic E-state index is 0.970. The number of hydrogen-bond acceptors (Lipinski definition) is 3. The summed E-state index contributed by atoms with van der Waals surface area (Å²) in [6.07, 6.45) is 3.85. The number of hydrogen-bond donors (Lipinski definition) is 0. The van der Waals surface area contributed by atoms with Crippen molar-refractivity contribution in [2.24, 2.45) is 7.05 Å². The largest absolute Gasteiger partial charge is 0.322 e. The second kappa shape index (κ2) is 3.03. The number of fused-ring (bicyclic) bond motifs is 1. The summed E-state index contributed by atoms with van der Waals surface area (Å²) in [5, 5.41) is 1.03. The fourth-order valence-electron chi connectivity index (χ4n) is 1.36. The summed E-state index contributed by atoms with van der Waals surface area (Å²) in [4.78, 5) is 8.65. The van der Waals surface area contributed by atoms with Gasteiger partial charge in [-0.3, -0.25) is 4.98 Å². The molecule has 0 radical (unpaired) electrons. The van der Waals surface area contributed by atoms with Crippen LogP contribution in [0.1, 0.15) is 5.69 Å². The molecule has 0 bridgehead atoms. The molecule has 0 fully saturated rings. The molecule has 0 aromatic carbocycles. The van der Waals surface area contributed by atoms with E-state index < -0.39 is 0 Å². The van der Waals surface area contributed by atoms with Crippen molar-refractivity contribution in [3.63, 3.8) is 0 Å². The van der Waals surface area contributed by atoms with Gasteiger partial charge in [0.05, 0.1) is 11.7 Å². The van der Waals surface area contributed by atoms with E-state index in [1.807, 2.05) is 26.4 Å². The first-order valence-corrected chi connectivity index (χ1v) is 5.28. The van der Waals surface area contributed by atoms with Crippen LogP contribution in [0.2, 0.25) is 0 Å². The van der Waals surface area contributed by atoms with Crippen molar-refractivity contribution in [3.8, 4) is 0 Å². The van der Waals surface area contributed by atoms with Crippen molar-refractivity contribution < 1.29 is 0 Å². The van der Waals surface area contributed by atoms with Crippen LogP contribution >= 0.6 is 11.8 Å². The lowest BCUT2D eigenvalue weighted by molar-refractivity contribution is 0.816. The highest BCUT2D eigenvalue weighted by molar-refractivity contribution is 7.98. The standard InChI is InChI=1S/C9H11N3S/c1-6-4-8-7(5-10-6)11-9(13-3)12(8)2/h4-5H,1-3H3. The molecule has 4 heteroatoms. The van der Waals surface area contributed by atoms with Crippen LogP contribution in [0.4, 0.5) is 0 Å². The maximum absolute atomic E-state index is 4.44. The Balaban J connectivity index is 2.77. The number of thioether (sulfide) groups is 1. The van der Waals surface area contributed by atoms with E-state index in [4.69, 9.17) is 0 Å². The van der Waals surface area contributed by atoms with Gasteiger partial charge >= 0.3 is 0 Å². The molecule has 2 aromatic rings. The van der Waals surface area contributed by atoms with E-state index >= 15 is 0 Å². The van der Waals surface area contributed by atoms with E-state index in [9.17, 15) is 0 Å². The first-order valence-electron chi connectivity index (χ1n) is 4.05. The van der Waals surface area contributed by atoms with E-state index in [1.54, 1.807) is 11.8 Å². The van der Waals surface area contributed by atoms with E-state index in [1.165, 1.54) is 0 Å². The molecule has 0 aliphatic rings. The lowest BCUT2D eigenvalue weighted by Gasteiger charge is -1.97. The van der Waals surface area contributed by atoms with E-state index in [2.05, 4.69) is 20.6 Å². The van der Waals surface area contributed by atoms with Crippen molar-refractivity contribution in [3.05, 3.63) is 18.0 Å². The molecule has 0 atom stereocenters. The Morgan fingerprint density at radius 3 is 2.92 bits per heavy atom. The smallest absolute Gasteiger partial charge is 0.168 e. The Bertz CT molecular complexity index is 447. The summed E-state index contributed by atoms with van der Waals surface area (Å²) in [6, 6.07) is 2.06. The van der Waals surface area contributed by atoms with Gasteiger partial charge in [0, 0.05) is 12.7 Å². The third-order valence-corrected chi connectivity index (χ3v) is 2.78. The van der Waals surface area contributed by atoms with Crippen LogP contribution in [0.25, 0.3) is 11.0 Å². The van der Waals surface area contributed by atoms with Gasteiger partial charge in [0.1, 0.15) is 5.52 Å². The number of pyridine rings is 1. The van der Waals surface area contributed by atoms with Crippen molar-refractivity contribution >= 4 is 22.8 Å².